The van der Waals surface area contributed by atoms with Gasteiger partial charge in [-0.1, -0.05) is 54.9 Å². The first-order valence-electron chi connectivity index (χ1n) is 12.0. The van der Waals surface area contributed by atoms with Gasteiger partial charge < -0.3 is 25.2 Å². The number of rotatable bonds is 7. The second-order valence-electron chi connectivity index (χ2n) is 9.82. The Balaban J connectivity index is 2.04. The number of benzene rings is 2. The Kier molecular flexibility index (Phi) is 8.63. The molecule has 2 aromatic carbocycles. The van der Waals surface area contributed by atoms with Gasteiger partial charge in [-0.3, -0.25) is 0 Å². The summed E-state index contributed by atoms with van der Waals surface area (Å²) in [6, 6.07) is 13.7. The average Bonchev–Trinajstić information content (AvgIpc) is 2.81. The van der Waals surface area contributed by atoms with Gasteiger partial charge in [0.05, 0.1) is 13.2 Å². The van der Waals surface area contributed by atoms with Gasteiger partial charge in [0.15, 0.2) is 0 Å². The number of nitrogens with two attached hydrogens (primary N) is 1. The lowest BCUT2D eigenvalue weighted by molar-refractivity contribution is -0.150. The molecular weight excluding hydrogens is 452 g/mol. The maximum Gasteiger partial charge on any atom is 0.410 e. The van der Waals surface area contributed by atoms with E-state index in [2.05, 4.69) is 19.1 Å². The van der Waals surface area contributed by atoms with E-state index in [0.29, 0.717) is 43.1 Å². The van der Waals surface area contributed by atoms with Crippen LogP contribution in [-0.2, 0) is 21.5 Å². The van der Waals surface area contributed by atoms with Crippen molar-refractivity contribution in [3.63, 3.8) is 0 Å². The molecule has 3 N–H and O–H groups in total. The van der Waals surface area contributed by atoms with Crippen LogP contribution in [-0.4, -0.2) is 54.0 Å². The average molecular weight is 489 g/mol. The van der Waals surface area contributed by atoms with Crippen molar-refractivity contribution in [3.05, 3.63) is 58.6 Å². The number of aryl methyl sites for hydroxylation is 1. The molecule has 6 nitrogen and oxygen atoms in total. The monoisotopic (exact) mass is 488 g/mol. The predicted molar refractivity (Wildman–Crippen MR) is 136 cm³/mol. The van der Waals surface area contributed by atoms with Crippen LogP contribution in [0.4, 0.5) is 4.79 Å². The summed E-state index contributed by atoms with van der Waals surface area (Å²) >= 11 is 6.73. The fourth-order valence-corrected chi connectivity index (χ4v) is 4.68. The van der Waals surface area contributed by atoms with E-state index in [0.717, 1.165) is 17.5 Å². The lowest BCUT2D eigenvalue weighted by Crippen LogP contribution is -2.55. The summed E-state index contributed by atoms with van der Waals surface area (Å²) in [4.78, 5) is 14.4. The quantitative estimate of drug-likeness (QED) is 0.564. The van der Waals surface area contributed by atoms with Crippen LogP contribution < -0.4 is 5.73 Å². The number of carbonyl (C=O) groups is 1. The van der Waals surface area contributed by atoms with Crippen molar-refractivity contribution in [1.29, 1.82) is 0 Å². The SMILES string of the molecule is CCc1cccc(-c2c(Cl)cccc2[C@@](O)(CCCN)C2CN(C(=O)OC(C)(C)C)CCO2)c1. The zero-order valence-corrected chi connectivity index (χ0v) is 21.4. The highest BCUT2D eigenvalue weighted by atomic mass is 35.5. The summed E-state index contributed by atoms with van der Waals surface area (Å²) in [5.41, 5.74) is 7.41. The van der Waals surface area contributed by atoms with E-state index in [-0.39, 0.29) is 6.54 Å². The summed E-state index contributed by atoms with van der Waals surface area (Å²) in [5.74, 6) is 0. The van der Waals surface area contributed by atoms with Gasteiger partial charge in [0, 0.05) is 17.1 Å². The summed E-state index contributed by atoms with van der Waals surface area (Å²) in [6.07, 6.45) is 0.776. The largest absolute Gasteiger partial charge is 0.444 e. The number of aliphatic hydroxyl groups is 1. The second kappa shape index (κ2) is 11.1. The lowest BCUT2D eigenvalue weighted by Gasteiger charge is -2.43. The van der Waals surface area contributed by atoms with E-state index in [1.165, 1.54) is 5.56 Å². The first-order chi connectivity index (χ1) is 16.1. The summed E-state index contributed by atoms with van der Waals surface area (Å²) < 4.78 is 11.7. The predicted octanol–water partition coefficient (Wildman–Crippen LogP) is 5.13. The Morgan fingerprint density at radius 1 is 1.26 bits per heavy atom. The molecule has 0 spiro atoms. The molecule has 0 saturated carbocycles. The Morgan fingerprint density at radius 3 is 2.68 bits per heavy atom. The van der Waals surface area contributed by atoms with Crippen LogP contribution >= 0.6 is 11.6 Å². The highest BCUT2D eigenvalue weighted by Crippen LogP contribution is 2.42. The highest BCUT2D eigenvalue weighted by molar-refractivity contribution is 6.33. The molecule has 1 saturated heterocycles. The molecule has 7 heteroatoms. The fourth-order valence-electron chi connectivity index (χ4n) is 4.40. The molecular formula is C27H37ClN2O4. The molecule has 1 unspecified atom stereocenters. The maximum atomic E-state index is 12.8. The summed E-state index contributed by atoms with van der Waals surface area (Å²) in [6.45, 7) is 8.94. The van der Waals surface area contributed by atoms with Crippen LogP contribution in [0.15, 0.2) is 42.5 Å². The van der Waals surface area contributed by atoms with Gasteiger partial charge in [0.25, 0.3) is 0 Å². The van der Waals surface area contributed by atoms with Crippen LogP contribution in [0.5, 0.6) is 0 Å². The normalized spacial score (nSPS) is 18.4. The van der Waals surface area contributed by atoms with Crippen LogP contribution in [0.3, 0.4) is 0 Å². The Hall–Kier alpha value is -2.12. The zero-order valence-electron chi connectivity index (χ0n) is 20.6. The Bertz CT molecular complexity index is 991. The number of hydrogen-bond donors (Lipinski definition) is 2. The third-order valence-corrected chi connectivity index (χ3v) is 6.43. The van der Waals surface area contributed by atoms with E-state index in [1.807, 2.05) is 51.1 Å². The van der Waals surface area contributed by atoms with Crippen molar-refractivity contribution in [3.8, 4) is 11.1 Å². The molecule has 1 heterocycles. The lowest BCUT2D eigenvalue weighted by atomic mass is 9.79. The van der Waals surface area contributed by atoms with Crippen molar-refractivity contribution in [1.82, 2.24) is 4.90 Å². The van der Waals surface area contributed by atoms with Gasteiger partial charge in [-0.25, -0.2) is 4.79 Å². The van der Waals surface area contributed by atoms with Gasteiger partial charge >= 0.3 is 6.09 Å². The molecule has 3 rings (SSSR count). The van der Waals surface area contributed by atoms with Crippen molar-refractivity contribution in [2.75, 3.05) is 26.2 Å². The van der Waals surface area contributed by atoms with Gasteiger partial charge in [0.1, 0.15) is 17.3 Å². The Labute approximate surface area is 208 Å². The number of nitrogens with zero attached hydrogens (tertiary/aromatic N) is 1. The molecule has 0 radical (unpaired) electrons. The number of halogens is 1. The van der Waals surface area contributed by atoms with Crippen LogP contribution in [0, 0.1) is 0 Å². The van der Waals surface area contributed by atoms with Crippen molar-refractivity contribution in [2.45, 2.75) is 64.3 Å². The van der Waals surface area contributed by atoms with Crippen LogP contribution in [0.1, 0.15) is 51.7 Å². The summed E-state index contributed by atoms with van der Waals surface area (Å²) in [5, 5.41) is 12.8. The summed E-state index contributed by atoms with van der Waals surface area (Å²) in [7, 11) is 0. The third-order valence-electron chi connectivity index (χ3n) is 6.12. The molecule has 1 fully saturated rings. The standard InChI is InChI=1S/C27H37ClN2O4/c1-5-19-9-6-10-20(17-19)24-21(11-7-12-22(24)28)27(32,13-8-14-29)23-18-30(15-16-33-23)25(31)34-26(2,3)4/h6-7,9-12,17,23,32H,5,8,13-16,18,29H2,1-4H3/t23?,27-/m0/s1. The van der Waals surface area contributed by atoms with Crippen LogP contribution in [0.2, 0.25) is 5.02 Å². The fraction of sp³-hybridized carbons (Fsp3) is 0.519. The first kappa shape index (κ1) is 26.5. The minimum absolute atomic E-state index is 0.205. The molecule has 2 atom stereocenters. The molecule has 186 valence electrons. The molecule has 1 aliphatic heterocycles. The van der Waals surface area contributed by atoms with E-state index in [9.17, 15) is 9.90 Å². The second-order valence-corrected chi connectivity index (χ2v) is 10.2. The number of carbonyl (C=O) groups excluding carboxylic acids is 1. The number of hydrogen-bond acceptors (Lipinski definition) is 5. The van der Waals surface area contributed by atoms with Crippen molar-refractivity contribution >= 4 is 17.7 Å². The molecule has 34 heavy (non-hydrogen) atoms. The molecule has 0 aliphatic carbocycles. The van der Waals surface area contributed by atoms with Crippen molar-refractivity contribution in [2.24, 2.45) is 5.73 Å². The van der Waals surface area contributed by atoms with Gasteiger partial charge in [-0.15, -0.1) is 0 Å². The molecule has 1 amide bonds. The minimum atomic E-state index is -1.40. The zero-order chi connectivity index (χ0) is 24.9. The molecule has 2 aromatic rings. The molecule has 0 aromatic heterocycles. The Morgan fingerprint density at radius 2 is 2.00 bits per heavy atom. The number of amides is 1. The molecule has 0 bridgehead atoms. The molecule has 1 aliphatic rings. The maximum absolute atomic E-state index is 12.8. The topological polar surface area (TPSA) is 85.0 Å². The highest BCUT2D eigenvalue weighted by Gasteiger charge is 2.44. The van der Waals surface area contributed by atoms with Gasteiger partial charge in [0.2, 0.25) is 0 Å². The van der Waals surface area contributed by atoms with Crippen molar-refractivity contribution < 1.29 is 19.4 Å². The third kappa shape index (κ3) is 6.11. The first-order valence-corrected chi connectivity index (χ1v) is 12.4. The van der Waals surface area contributed by atoms with Gasteiger partial charge in [-0.05, 0) is 69.3 Å². The van der Waals surface area contributed by atoms with E-state index in [4.69, 9.17) is 26.8 Å². The minimum Gasteiger partial charge on any atom is -0.444 e. The number of ether oxygens (including phenoxy) is 2. The number of morpholine rings is 1. The van der Waals surface area contributed by atoms with E-state index < -0.39 is 23.4 Å². The van der Waals surface area contributed by atoms with E-state index in [1.54, 1.807) is 4.90 Å². The smallest absolute Gasteiger partial charge is 0.410 e. The van der Waals surface area contributed by atoms with Crippen LogP contribution in [0.25, 0.3) is 11.1 Å². The van der Waals surface area contributed by atoms with E-state index >= 15 is 0 Å². The van der Waals surface area contributed by atoms with Gasteiger partial charge in [-0.2, -0.15) is 0 Å².